The highest BCUT2D eigenvalue weighted by Gasteiger charge is 2.14. The molecule has 0 atom stereocenters. The summed E-state index contributed by atoms with van der Waals surface area (Å²) in [6.07, 6.45) is 2.11. The average molecular weight is 518 g/mol. The molecule has 0 saturated heterocycles. The number of carbonyl (C=O) groups is 1. The van der Waals surface area contributed by atoms with Crippen LogP contribution in [0.4, 0.5) is 5.69 Å². The first-order chi connectivity index (χ1) is 13.8. The zero-order chi connectivity index (χ0) is 21.4. The fourth-order valence-corrected chi connectivity index (χ4v) is 3.20. The third-order valence-corrected chi connectivity index (χ3v) is 4.91. The van der Waals surface area contributed by atoms with Gasteiger partial charge in [0.15, 0.2) is 5.75 Å². The molecule has 156 valence electrons. The van der Waals surface area contributed by atoms with E-state index in [1.54, 1.807) is 18.2 Å². The number of esters is 1. The van der Waals surface area contributed by atoms with Crippen LogP contribution >= 0.6 is 69.6 Å². The molecule has 0 aliphatic heterocycles. The van der Waals surface area contributed by atoms with Crippen molar-refractivity contribution < 1.29 is 14.3 Å². The van der Waals surface area contributed by atoms with Crippen molar-refractivity contribution in [2.45, 2.75) is 12.8 Å². The summed E-state index contributed by atoms with van der Waals surface area (Å²) in [6.45, 7) is 0.637. The Labute approximate surface area is 198 Å². The molecule has 0 heterocycles. The number of anilines is 1. The van der Waals surface area contributed by atoms with Gasteiger partial charge in [-0.25, -0.2) is 0 Å². The molecule has 2 rings (SSSR count). The molecule has 0 aromatic heterocycles. The minimum absolute atomic E-state index is 0.0717. The maximum absolute atomic E-state index is 12.1. The van der Waals surface area contributed by atoms with Gasteiger partial charge >= 0.3 is 5.97 Å². The Morgan fingerprint density at radius 1 is 1.00 bits per heavy atom. The fraction of sp³-hybridized carbons (Fsp3) is 0.211. The van der Waals surface area contributed by atoms with E-state index in [4.69, 9.17) is 79.1 Å². The second-order valence-electron chi connectivity index (χ2n) is 5.65. The summed E-state index contributed by atoms with van der Waals surface area (Å²) in [5.41, 5.74) is 0.694. The Balaban J connectivity index is 1.85. The number of rotatable bonds is 9. The van der Waals surface area contributed by atoms with Gasteiger partial charge in [0.05, 0.1) is 20.8 Å². The highest BCUT2D eigenvalue weighted by Crippen LogP contribution is 2.37. The fourth-order valence-electron chi connectivity index (χ4n) is 2.17. The molecule has 2 aromatic rings. The Kier molecular flexibility index (Phi) is 10.0. The summed E-state index contributed by atoms with van der Waals surface area (Å²) in [4.78, 5) is 12.1. The van der Waals surface area contributed by atoms with Crippen LogP contribution < -0.4 is 14.8 Å². The van der Waals surface area contributed by atoms with Gasteiger partial charge in [0.2, 0.25) is 0 Å². The average Bonchev–Trinajstić information content (AvgIpc) is 2.64. The maximum atomic E-state index is 12.1. The number of ether oxygens (including phenoxy) is 2. The van der Waals surface area contributed by atoms with Crippen molar-refractivity contribution in [2.24, 2.45) is 0 Å². The van der Waals surface area contributed by atoms with Crippen LogP contribution in [-0.4, -0.2) is 19.1 Å². The van der Waals surface area contributed by atoms with Gasteiger partial charge in [0, 0.05) is 30.1 Å². The van der Waals surface area contributed by atoms with E-state index >= 15 is 0 Å². The largest absolute Gasteiger partial charge is 0.489 e. The lowest BCUT2D eigenvalue weighted by molar-refractivity contribution is -0.134. The molecule has 0 unspecified atom stereocenters. The quantitative estimate of drug-likeness (QED) is 0.209. The minimum Gasteiger partial charge on any atom is -0.489 e. The molecule has 0 amide bonds. The van der Waals surface area contributed by atoms with E-state index < -0.39 is 5.97 Å². The molecule has 1 N–H and O–H groups in total. The molecule has 0 saturated carbocycles. The van der Waals surface area contributed by atoms with E-state index in [0.717, 1.165) is 0 Å². The first-order valence-electron chi connectivity index (χ1n) is 8.29. The van der Waals surface area contributed by atoms with Crippen molar-refractivity contribution in [2.75, 3.05) is 18.5 Å². The van der Waals surface area contributed by atoms with Crippen LogP contribution in [-0.2, 0) is 4.79 Å². The Bertz CT molecular complexity index is 877. The molecule has 0 bridgehead atoms. The van der Waals surface area contributed by atoms with E-state index in [1.807, 2.05) is 0 Å². The van der Waals surface area contributed by atoms with Crippen LogP contribution in [0.1, 0.15) is 12.8 Å². The van der Waals surface area contributed by atoms with E-state index in [1.165, 1.54) is 18.2 Å². The van der Waals surface area contributed by atoms with Crippen LogP contribution in [0.3, 0.4) is 0 Å². The van der Waals surface area contributed by atoms with Gasteiger partial charge in [0.25, 0.3) is 0 Å². The number of carbonyl (C=O) groups excluding carboxylic acids is 1. The van der Waals surface area contributed by atoms with E-state index in [2.05, 4.69) is 5.32 Å². The predicted octanol–water partition coefficient (Wildman–Crippen LogP) is 7.80. The summed E-state index contributed by atoms with van der Waals surface area (Å²) >= 11 is 35.3. The van der Waals surface area contributed by atoms with Crippen molar-refractivity contribution in [1.82, 2.24) is 0 Å². The van der Waals surface area contributed by atoms with Crippen LogP contribution in [0, 0.1) is 0 Å². The highest BCUT2D eigenvalue weighted by molar-refractivity contribution is 6.55. The summed E-state index contributed by atoms with van der Waals surface area (Å²) in [5, 5.41) is 4.51. The molecule has 2 aromatic carbocycles. The van der Waals surface area contributed by atoms with Gasteiger partial charge < -0.3 is 14.8 Å². The number of halogens is 6. The lowest BCUT2D eigenvalue weighted by Gasteiger charge is -2.11. The topological polar surface area (TPSA) is 47.6 Å². The van der Waals surface area contributed by atoms with Crippen molar-refractivity contribution >= 4 is 81.3 Å². The van der Waals surface area contributed by atoms with Crippen molar-refractivity contribution in [3.63, 3.8) is 0 Å². The minimum atomic E-state index is -0.474. The summed E-state index contributed by atoms with van der Waals surface area (Å²) in [7, 11) is 0. The van der Waals surface area contributed by atoms with E-state index in [-0.39, 0.29) is 33.3 Å². The first-order valence-corrected chi connectivity index (χ1v) is 10.6. The number of hydrogen-bond donors (Lipinski definition) is 1. The predicted molar refractivity (Wildman–Crippen MR) is 122 cm³/mol. The standard InChI is InChI=1S/C19H15Cl6NO3/c20-11-3-4-13(21)16(8-11)26-6-1-2-18(27)29-19-14(22)9-12(10-15(19)23)28-7-5-17(24)25/h3-5,8-10,26H,1-2,6-7H2. The van der Waals surface area contributed by atoms with E-state index in [9.17, 15) is 4.79 Å². The zero-order valence-corrected chi connectivity index (χ0v) is 19.3. The van der Waals surface area contributed by atoms with Crippen LogP contribution in [0.15, 0.2) is 40.9 Å². The van der Waals surface area contributed by atoms with Gasteiger partial charge in [-0.05, 0) is 30.7 Å². The summed E-state index contributed by atoms with van der Waals surface area (Å²) < 4.78 is 10.8. The maximum Gasteiger partial charge on any atom is 0.311 e. The number of nitrogens with one attached hydrogen (secondary N) is 1. The summed E-state index contributed by atoms with van der Waals surface area (Å²) in [6, 6.07) is 8.06. The molecule has 0 spiro atoms. The zero-order valence-electron chi connectivity index (χ0n) is 14.8. The Morgan fingerprint density at radius 2 is 1.69 bits per heavy atom. The molecular weight excluding hydrogens is 503 g/mol. The molecule has 0 aliphatic carbocycles. The molecule has 10 heteroatoms. The smallest absolute Gasteiger partial charge is 0.311 e. The first kappa shape index (κ1) is 24.3. The monoisotopic (exact) mass is 515 g/mol. The van der Waals surface area contributed by atoms with Gasteiger partial charge in [0.1, 0.15) is 16.8 Å². The second kappa shape index (κ2) is 12.0. The molecule has 0 fully saturated rings. The van der Waals surface area contributed by atoms with Gasteiger partial charge in [-0.1, -0.05) is 69.6 Å². The number of benzene rings is 2. The van der Waals surface area contributed by atoms with Crippen LogP contribution in [0.25, 0.3) is 0 Å². The normalized spacial score (nSPS) is 10.4. The van der Waals surface area contributed by atoms with Gasteiger partial charge in [-0.15, -0.1) is 0 Å². The van der Waals surface area contributed by atoms with Crippen molar-refractivity contribution in [3.8, 4) is 11.5 Å². The van der Waals surface area contributed by atoms with Gasteiger partial charge in [-0.2, -0.15) is 0 Å². The third kappa shape index (κ3) is 8.33. The van der Waals surface area contributed by atoms with Crippen LogP contribution in [0.2, 0.25) is 20.1 Å². The highest BCUT2D eigenvalue weighted by atomic mass is 35.5. The van der Waals surface area contributed by atoms with Crippen molar-refractivity contribution in [1.29, 1.82) is 0 Å². The summed E-state index contributed by atoms with van der Waals surface area (Å²) in [5.74, 6) is -0.0195. The molecule has 29 heavy (non-hydrogen) atoms. The Morgan fingerprint density at radius 3 is 2.34 bits per heavy atom. The second-order valence-corrected chi connectivity index (χ2v) is 8.32. The lowest BCUT2D eigenvalue weighted by Crippen LogP contribution is -2.11. The molecule has 0 radical (unpaired) electrons. The molecule has 4 nitrogen and oxygen atoms in total. The Hall–Kier alpha value is -1.01. The van der Waals surface area contributed by atoms with E-state index in [0.29, 0.717) is 34.4 Å². The third-order valence-electron chi connectivity index (χ3n) is 3.48. The SMILES string of the molecule is O=C(CCCNc1cc(Cl)ccc1Cl)Oc1c(Cl)cc(OCC=C(Cl)Cl)cc1Cl. The lowest BCUT2D eigenvalue weighted by atomic mass is 10.2. The van der Waals surface area contributed by atoms with Crippen LogP contribution in [0.5, 0.6) is 11.5 Å². The van der Waals surface area contributed by atoms with Gasteiger partial charge in [-0.3, -0.25) is 4.79 Å². The number of hydrogen-bond acceptors (Lipinski definition) is 4. The van der Waals surface area contributed by atoms with Crippen molar-refractivity contribution in [3.05, 3.63) is 61.0 Å². The molecule has 0 aliphatic rings. The molecular formula is C19H15Cl6NO3.